The van der Waals surface area contributed by atoms with Gasteiger partial charge in [0.25, 0.3) is 0 Å². The highest BCUT2D eigenvalue weighted by Crippen LogP contribution is 2.15. The lowest BCUT2D eigenvalue weighted by Gasteiger charge is -2.14. The van der Waals surface area contributed by atoms with Crippen molar-refractivity contribution >= 4 is 5.82 Å². The van der Waals surface area contributed by atoms with Crippen LogP contribution in [-0.2, 0) is 16.1 Å². The molecule has 0 aromatic carbocycles. The van der Waals surface area contributed by atoms with Crippen LogP contribution >= 0.6 is 0 Å². The maximum atomic E-state index is 5.61. The van der Waals surface area contributed by atoms with Crippen molar-refractivity contribution in [1.82, 2.24) is 9.97 Å². The molecule has 0 aliphatic carbocycles. The van der Waals surface area contributed by atoms with E-state index in [4.69, 9.17) is 14.2 Å². The van der Waals surface area contributed by atoms with E-state index in [0.29, 0.717) is 30.7 Å². The highest BCUT2D eigenvalue weighted by Gasteiger charge is 2.08. The minimum atomic E-state index is -0.0602. The number of aromatic nitrogens is 2. The fourth-order valence-corrected chi connectivity index (χ4v) is 1.33. The quantitative estimate of drug-likeness (QED) is 0.770. The summed E-state index contributed by atoms with van der Waals surface area (Å²) in [6, 6.07) is 1.74. The number of nitrogens with one attached hydrogen (secondary N) is 1. The third-order valence-electron chi connectivity index (χ3n) is 2.00. The van der Waals surface area contributed by atoms with Crippen molar-refractivity contribution in [2.24, 2.45) is 0 Å². The van der Waals surface area contributed by atoms with E-state index in [0.717, 1.165) is 0 Å². The topological polar surface area (TPSA) is 65.5 Å². The molecule has 0 saturated heterocycles. The SMILES string of the molecule is CNc1cc(OC(C)COC)nc(COC)n1. The van der Waals surface area contributed by atoms with Crippen LogP contribution in [0.5, 0.6) is 5.88 Å². The molecule has 1 rings (SSSR count). The van der Waals surface area contributed by atoms with Crippen molar-refractivity contribution in [3.8, 4) is 5.88 Å². The largest absolute Gasteiger partial charge is 0.472 e. The van der Waals surface area contributed by atoms with Gasteiger partial charge in [-0.05, 0) is 6.92 Å². The molecule has 0 spiro atoms. The Morgan fingerprint density at radius 1 is 1.29 bits per heavy atom. The van der Waals surface area contributed by atoms with E-state index in [1.807, 2.05) is 6.92 Å². The van der Waals surface area contributed by atoms with Crippen LogP contribution in [0.25, 0.3) is 0 Å². The van der Waals surface area contributed by atoms with E-state index < -0.39 is 0 Å². The van der Waals surface area contributed by atoms with Gasteiger partial charge in [-0.25, -0.2) is 4.98 Å². The molecule has 1 heterocycles. The molecular weight excluding hydrogens is 222 g/mol. The van der Waals surface area contributed by atoms with E-state index in [1.165, 1.54) is 0 Å². The number of ether oxygens (including phenoxy) is 3. The molecular formula is C11H19N3O3. The molecule has 6 heteroatoms. The Bertz CT molecular complexity index is 347. The van der Waals surface area contributed by atoms with E-state index >= 15 is 0 Å². The van der Waals surface area contributed by atoms with Crippen LogP contribution < -0.4 is 10.1 Å². The fraction of sp³-hybridized carbons (Fsp3) is 0.636. The van der Waals surface area contributed by atoms with Crippen LogP contribution in [0.3, 0.4) is 0 Å². The first-order valence-corrected chi connectivity index (χ1v) is 5.39. The second-order valence-corrected chi connectivity index (χ2v) is 3.57. The van der Waals surface area contributed by atoms with Gasteiger partial charge in [0.2, 0.25) is 5.88 Å². The molecule has 17 heavy (non-hydrogen) atoms. The Kier molecular flexibility index (Phi) is 5.65. The molecule has 0 saturated carbocycles. The Hall–Kier alpha value is -1.40. The molecule has 1 unspecified atom stereocenters. The molecule has 6 nitrogen and oxygen atoms in total. The zero-order valence-corrected chi connectivity index (χ0v) is 10.7. The number of hydrogen-bond acceptors (Lipinski definition) is 6. The molecule has 0 aliphatic rings. The Labute approximate surface area is 101 Å². The minimum Gasteiger partial charge on any atom is -0.472 e. The standard InChI is InChI=1S/C11H19N3O3/c1-8(6-15-3)17-11-5-9(12-2)13-10(14-11)7-16-4/h5,8H,6-7H2,1-4H3,(H,12,13,14). The van der Waals surface area contributed by atoms with Crippen LogP contribution in [0.2, 0.25) is 0 Å². The molecule has 1 atom stereocenters. The van der Waals surface area contributed by atoms with Gasteiger partial charge in [0.05, 0.1) is 6.61 Å². The van der Waals surface area contributed by atoms with Gasteiger partial charge in [0.1, 0.15) is 18.5 Å². The lowest BCUT2D eigenvalue weighted by molar-refractivity contribution is 0.0881. The number of methoxy groups -OCH3 is 2. The smallest absolute Gasteiger partial charge is 0.219 e. The van der Waals surface area contributed by atoms with E-state index in [9.17, 15) is 0 Å². The van der Waals surface area contributed by atoms with Gasteiger partial charge in [-0.15, -0.1) is 0 Å². The summed E-state index contributed by atoms with van der Waals surface area (Å²) in [4.78, 5) is 8.48. The molecule has 0 fully saturated rings. The van der Waals surface area contributed by atoms with Crippen LogP contribution in [0.15, 0.2) is 6.07 Å². The van der Waals surface area contributed by atoms with Gasteiger partial charge in [-0.3, -0.25) is 0 Å². The second-order valence-electron chi connectivity index (χ2n) is 3.57. The highest BCUT2D eigenvalue weighted by molar-refractivity contribution is 5.37. The summed E-state index contributed by atoms with van der Waals surface area (Å²) < 4.78 is 15.6. The van der Waals surface area contributed by atoms with Crippen molar-refractivity contribution in [2.45, 2.75) is 19.6 Å². The first-order chi connectivity index (χ1) is 8.19. The maximum Gasteiger partial charge on any atom is 0.219 e. The van der Waals surface area contributed by atoms with Crippen LogP contribution in [0.4, 0.5) is 5.82 Å². The molecule has 1 N–H and O–H groups in total. The average Bonchev–Trinajstić information content (AvgIpc) is 2.29. The third kappa shape index (κ3) is 4.54. The predicted octanol–water partition coefficient (Wildman–Crippen LogP) is 1.08. The molecule has 0 amide bonds. The Balaban J connectivity index is 2.79. The summed E-state index contributed by atoms with van der Waals surface area (Å²) >= 11 is 0. The zero-order valence-electron chi connectivity index (χ0n) is 10.7. The maximum absolute atomic E-state index is 5.61. The first-order valence-electron chi connectivity index (χ1n) is 5.39. The van der Waals surface area contributed by atoms with Crippen LogP contribution in [0.1, 0.15) is 12.7 Å². The number of rotatable bonds is 7. The van der Waals surface area contributed by atoms with Crippen molar-refractivity contribution in [2.75, 3.05) is 33.2 Å². The van der Waals surface area contributed by atoms with Crippen LogP contribution in [-0.4, -0.2) is 43.9 Å². The highest BCUT2D eigenvalue weighted by atomic mass is 16.5. The first kappa shape index (κ1) is 13.7. The van der Waals surface area contributed by atoms with Crippen molar-refractivity contribution in [1.29, 1.82) is 0 Å². The molecule has 1 aromatic rings. The lowest BCUT2D eigenvalue weighted by Crippen LogP contribution is -2.19. The summed E-state index contributed by atoms with van der Waals surface area (Å²) in [5.74, 6) is 1.80. The monoisotopic (exact) mass is 241 g/mol. The summed E-state index contributed by atoms with van der Waals surface area (Å²) in [7, 11) is 5.03. The molecule has 0 aliphatic heterocycles. The van der Waals surface area contributed by atoms with Gasteiger partial charge in [-0.2, -0.15) is 4.98 Å². The molecule has 96 valence electrons. The van der Waals surface area contributed by atoms with E-state index in [2.05, 4.69) is 15.3 Å². The van der Waals surface area contributed by atoms with Gasteiger partial charge >= 0.3 is 0 Å². The molecule has 1 aromatic heterocycles. The average molecular weight is 241 g/mol. The molecule has 0 radical (unpaired) electrons. The summed E-state index contributed by atoms with van der Waals surface area (Å²) in [6.07, 6.45) is -0.0602. The summed E-state index contributed by atoms with van der Waals surface area (Å²) in [5.41, 5.74) is 0. The fourth-order valence-electron chi connectivity index (χ4n) is 1.33. The number of hydrogen-bond donors (Lipinski definition) is 1. The summed E-state index contributed by atoms with van der Waals surface area (Å²) in [5, 5.41) is 2.95. The van der Waals surface area contributed by atoms with Crippen molar-refractivity contribution in [3.05, 3.63) is 11.9 Å². The third-order valence-corrected chi connectivity index (χ3v) is 2.00. The van der Waals surface area contributed by atoms with Gasteiger partial charge in [0, 0.05) is 27.3 Å². The van der Waals surface area contributed by atoms with E-state index in [-0.39, 0.29) is 6.10 Å². The second kappa shape index (κ2) is 7.03. The van der Waals surface area contributed by atoms with Crippen molar-refractivity contribution in [3.63, 3.8) is 0 Å². The summed E-state index contributed by atoms with van der Waals surface area (Å²) in [6.45, 7) is 2.78. The molecule has 0 bridgehead atoms. The number of anilines is 1. The normalized spacial score (nSPS) is 12.2. The van der Waals surface area contributed by atoms with Gasteiger partial charge < -0.3 is 19.5 Å². The minimum absolute atomic E-state index is 0.0602. The van der Waals surface area contributed by atoms with Crippen LogP contribution in [0, 0.1) is 0 Å². The van der Waals surface area contributed by atoms with Gasteiger partial charge in [0.15, 0.2) is 5.82 Å². The van der Waals surface area contributed by atoms with E-state index in [1.54, 1.807) is 27.3 Å². The number of nitrogens with zero attached hydrogens (tertiary/aromatic N) is 2. The van der Waals surface area contributed by atoms with Crippen molar-refractivity contribution < 1.29 is 14.2 Å². The van der Waals surface area contributed by atoms with Gasteiger partial charge in [-0.1, -0.05) is 0 Å². The Morgan fingerprint density at radius 3 is 2.65 bits per heavy atom. The lowest BCUT2D eigenvalue weighted by atomic mass is 10.4. The Morgan fingerprint density at radius 2 is 2.06 bits per heavy atom. The predicted molar refractivity (Wildman–Crippen MR) is 64.3 cm³/mol. The zero-order chi connectivity index (χ0) is 12.7.